The summed E-state index contributed by atoms with van der Waals surface area (Å²) in [4.78, 5) is 30.9. The van der Waals surface area contributed by atoms with Gasteiger partial charge in [-0.25, -0.2) is 14.6 Å². The number of hydrogen-bond acceptors (Lipinski definition) is 5. The minimum absolute atomic E-state index is 0.293. The van der Waals surface area contributed by atoms with E-state index in [4.69, 9.17) is 21.4 Å². The second kappa shape index (κ2) is 9.31. The summed E-state index contributed by atoms with van der Waals surface area (Å²) in [6.45, 7) is 5.36. The normalized spacial score (nSPS) is 12.3. The number of rotatable bonds is 6. The van der Waals surface area contributed by atoms with Crippen molar-refractivity contribution in [1.29, 1.82) is 0 Å². The van der Waals surface area contributed by atoms with E-state index in [1.807, 2.05) is 13.2 Å². The fourth-order valence-electron chi connectivity index (χ4n) is 3.04. The molecular weight excluding hydrogens is 436 g/mol. The van der Waals surface area contributed by atoms with Crippen LogP contribution in [0.15, 0.2) is 36.7 Å². The molecule has 4 N–H and O–H groups in total. The number of ether oxygens (including phenoxy) is 1. The number of aryl methyl sites for hydroxylation is 1. The summed E-state index contributed by atoms with van der Waals surface area (Å²) in [5, 5.41) is 18.4. The van der Waals surface area contributed by atoms with Gasteiger partial charge in [0.15, 0.2) is 0 Å². The van der Waals surface area contributed by atoms with Crippen LogP contribution in [0.25, 0.3) is 11.3 Å². The summed E-state index contributed by atoms with van der Waals surface area (Å²) in [5.74, 6) is 0.451. The zero-order valence-electron chi connectivity index (χ0n) is 18.1. The lowest BCUT2D eigenvalue weighted by atomic mass is 10.1. The van der Waals surface area contributed by atoms with E-state index >= 15 is 0 Å². The number of imidazole rings is 1. The van der Waals surface area contributed by atoms with Crippen LogP contribution in [0.5, 0.6) is 0 Å². The van der Waals surface area contributed by atoms with Gasteiger partial charge in [-0.15, -0.1) is 0 Å². The van der Waals surface area contributed by atoms with Crippen molar-refractivity contribution in [2.75, 3.05) is 5.32 Å². The third kappa shape index (κ3) is 6.24. The Balaban J connectivity index is 1.87. The Morgan fingerprint density at radius 3 is 2.53 bits per heavy atom. The highest BCUT2D eigenvalue weighted by molar-refractivity contribution is 6.31. The SMILES string of the molecule is Cn1cc(C[C@H](NC(=O)OC(C)(C)C)c2nc(-c3ccc(NC(=O)O)cc3)c(Cl)[nH]2)cn1. The van der Waals surface area contributed by atoms with E-state index < -0.39 is 23.8 Å². The van der Waals surface area contributed by atoms with Crippen LogP contribution in [0.2, 0.25) is 5.15 Å². The fraction of sp³-hybridized carbons (Fsp3) is 0.333. The van der Waals surface area contributed by atoms with Gasteiger partial charge >= 0.3 is 12.2 Å². The van der Waals surface area contributed by atoms with E-state index in [9.17, 15) is 9.59 Å². The molecular formula is C21H25ClN6O4. The molecule has 170 valence electrons. The molecule has 2 heterocycles. The van der Waals surface area contributed by atoms with Crippen LogP contribution in [0.1, 0.15) is 38.2 Å². The van der Waals surface area contributed by atoms with Gasteiger partial charge in [0.1, 0.15) is 22.3 Å². The zero-order chi connectivity index (χ0) is 23.5. The molecule has 0 aliphatic heterocycles. The number of H-pyrrole nitrogens is 1. The van der Waals surface area contributed by atoms with Crippen molar-refractivity contribution in [1.82, 2.24) is 25.1 Å². The number of benzene rings is 1. The standard InChI is InChI=1S/C21H25ClN6O4/c1-21(2,3)32-20(31)25-15(9-12-10-23-28(4)11-12)18-26-16(17(22)27-18)13-5-7-14(8-6-13)24-19(29)30/h5-8,10-11,15,24H,9H2,1-4H3,(H,25,31)(H,26,27)(H,29,30)/t15-/m0/s1. The first kappa shape index (κ1) is 23.1. The van der Waals surface area contributed by atoms with E-state index in [0.29, 0.717) is 34.3 Å². The molecule has 0 spiro atoms. The van der Waals surface area contributed by atoms with E-state index in [-0.39, 0.29) is 0 Å². The number of carbonyl (C=O) groups is 2. The molecule has 0 saturated heterocycles. The molecule has 3 rings (SSSR count). The number of aromatic amines is 1. The third-order valence-electron chi connectivity index (χ3n) is 4.31. The number of hydrogen-bond donors (Lipinski definition) is 4. The van der Waals surface area contributed by atoms with Crippen LogP contribution in [-0.4, -0.2) is 42.6 Å². The van der Waals surface area contributed by atoms with E-state index in [2.05, 4.69) is 25.7 Å². The Hall–Kier alpha value is -3.53. The first-order chi connectivity index (χ1) is 15.0. The summed E-state index contributed by atoms with van der Waals surface area (Å²) >= 11 is 6.41. The predicted molar refractivity (Wildman–Crippen MR) is 120 cm³/mol. The molecule has 10 nitrogen and oxygen atoms in total. The predicted octanol–water partition coefficient (Wildman–Crippen LogP) is 4.36. The zero-order valence-corrected chi connectivity index (χ0v) is 18.9. The van der Waals surface area contributed by atoms with Crippen molar-refractivity contribution in [3.05, 3.63) is 53.2 Å². The first-order valence-corrected chi connectivity index (χ1v) is 10.2. The van der Waals surface area contributed by atoms with Gasteiger partial charge in [-0.3, -0.25) is 10.00 Å². The number of amides is 2. The van der Waals surface area contributed by atoms with Crippen molar-refractivity contribution in [2.24, 2.45) is 7.05 Å². The second-order valence-corrected chi connectivity index (χ2v) is 8.60. The Bertz CT molecular complexity index is 1100. The number of carbonyl (C=O) groups excluding carboxylic acids is 1. The van der Waals surface area contributed by atoms with Gasteiger partial charge in [-0.05, 0) is 38.5 Å². The van der Waals surface area contributed by atoms with Crippen LogP contribution in [0, 0.1) is 0 Å². The molecule has 0 fully saturated rings. The van der Waals surface area contributed by atoms with Crippen LogP contribution < -0.4 is 10.6 Å². The summed E-state index contributed by atoms with van der Waals surface area (Å²) in [6.07, 6.45) is 2.25. The molecule has 0 bridgehead atoms. The lowest BCUT2D eigenvalue weighted by molar-refractivity contribution is 0.0501. The minimum atomic E-state index is -1.15. The van der Waals surface area contributed by atoms with Crippen LogP contribution in [0.3, 0.4) is 0 Å². The van der Waals surface area contributed by atoms with Crippen LogP contribution in [-0.2, 0) is 18.2 Å². The van der Waals surface area contributed by atoms with Gasteiger partial charge in [0.25, 0.3) is 0 Å². The molecule has 3 aromatic rings. The largest absolute Gasteiger partial charge is 0.465 e. The highest BCUT2D eigenvalue weighted by Gasteiger charge is 2.25. The van der Waals surface area contributed by atoms with Gasteiger partial charge in [-0.1, -0.05) is 23.7 Å². The number of nitrogens with zero attached hydrogens (tertiary/aromatic N) is 3. The first-order valence-electron chi connectivity index (χ1n) is 9.83. The molecule has 0 aliphatic carbocycles. The Morgan fingerprint density at radius 1 is 1.28 bits per heavy atom. The number of nitrogens with one attached hydrogen (secondary N) is 3. The van der Waals surface area contributed by atoms with Crippen LogP contribution in [0.4, 0.5) is 15.3 Å². The quantitative estimate of drug-likeness (QED) is 0.431. The molecule has 0 saturated carbocycles. The van der Waals surface area contributed by atoms with E-state index in [1.165, 1.54) is 0 Å². The molecule has 0 aliphatic rings. The van der Waals surface area contributed by atoms with Crippen molar-refractivity contribution in [3.8, 4) is 11.3 Å². The second-order valence-electron chi connectivity index (χ2n) is 8.22. The Labute approximate surface area is 189 Å². The molecule has 1 aromatic carbocycles. The monoisotopic (exact) mass is 460 g/mol. The topological polar surface area (TPSA) is 134 Å². The van der Waals surface area contributed by atoms with E-state index in [0.717, 1.165) is 5.56 Å². The fourth-order valence-corrected chi connectivity index (χ4v) is 3.29. The van der Waals surface area contributed by atoms with E-state index in [1.54, 1.807) is 55.9 Å². The number of alkyl carbamates (subject to hydrolysis) is 1. The minimum Gasteiger partial charge on any atom is -0.465 e. The molecule has 2 aromatic heterocycles. The van der Waals surface area contributed by atoms with Gasteiger partial charge in [-0.2, -0.15) is 5.10 Å². The smallest absolute Gasteiger partial charge is 0.409 e. The molecule has 32 heavy (non-hydrogen) atoms. The number of carboxylic acid groups (broad SMARTS) is 1. The highest BCUT2D eigenvalue weighted by atomic mass is 35.5. The third-order valence-corrected chi connectivity index (χ3v) is 4.58. The number of aromatic nitrogens is 4. The molecule has 2 amide bonds. The van der Waals surface area contributed by atoms with Crippen molar-refractivity contribution in [3.63, 3.8) is 0 Å². The maximum Gasteiger partial charge on any atom is 0.409 e. The number of anilines is 1. The van der Waals surface area contributed by atoms with Gasteiger partial charge in [0, 0.05) is 30.9 Å². The average molecular weight is 461 g/mol. The maximum atomic E-state index is 12.4. The van der Waals surface area contributed by atoms with Crippen molar-refractivity contribution < 1.29 is 19.4 Å². The summed E-state index contributed by atoms with van der Waals surface area (Å²) < 4.78 is 7.07. The summed E-state index contributed by atoms with van der Waals surface area (Å²) in [7, 11) is 1.81. The van der Waals surface area contributed by atoms with Crippen LogP contribution >= 0.6 is 11.6 Å². The van der Waals surface area contributed by atoms with Crippen molar-refractivity contribution >= 4 is 29.5 Å². The maximum absolute atomic E-state index is 12.4. The molecule has 1 atom stereocenters. The number of halogens is 1. The average Bonchev–Trinajstić information content (AvgIpc) is 3.25. The highest BCUT2D eigenvalue weighted by Crippen LogP contribution is 2.29. The Kier molecular flexibility index (Phi) is 6.73. The van der Waals surface area contributed by atoms with Gasteiger partial charge in [0.2, 0.25) is 0 Å². The summed E-state index contributed by atoms with van der Waals surface area (Å²) in [5.41, 5.74) is 1.83. The lowest BCUT2D eigenvalue weighted by Gasteiger charge is -2.22. The molecule has 0 radical (unpaired) electrons. The van der Waals surface area contributed by atoms with Gasteiger partial charge < -0.3 is 20.1 Å². The Morgan fingerprint density at radius 2 is 1.97 bits per heavy atom. The van der Waals surface area contributed by atoms with Gasteiger partial charge in [0.05, 0.1) is 12.2 Å². The summed E-state index contributed by atoms with van der Waals surface area (Å²) in [6, 6.07) is 6.08. The lowest BCUT2D eigenvalue weighted by Crippen LogP contribution is -2.36. The van der Waals surface area contributed by atoms with Crippen molar-refractivity contribution in [2.45, 2.75) is 38.8 Å². The molecule has 0 unspecified atom stereocenters. The molecule has 11 heteroatoms.